The highest BCUT2D eigenvalue weighted by Crippen LogP contribution is 2.42. The second-order valence-electron chi connectivity index (χ2n) is 8.67. The van der Waals surface area contributed by atoms with Crippen LogP contribution in [0.15, 0.2) is 60.1 Å². The second-order valence-corrected chi connectivity index (χ2v) is 8.67. The van der Waals surface area contributed by atoms with Crippen molar-refractivity contribution < 1.29 is 23.6 Å². The largest absolute Gasteiger partial charge is 0.497 e. The van der Waals surface area contributed by atoms with Crippen molar-refractivity contribution in [2.24, 2.45) is 0 Å². The van der Waals surface area contributed by atoms with Crippen LogP contribution < -0.4 is 4.74 Å². The molecule has 3 rings (SSSR count). The van der Waals surface area contributed by atoms with Gasteiger partial charge in [-0.15, -0.1) is 0 Å². The Kier molecular flexibility index (Phi) is 6.92. The standard InChI is InChI=1S/C25H31BO5/c1-18(27)29-17-16-22(26-30-24(2,3)25(4,5)31-26)23(19-10-8-7-9-11-19)20-12-14-21(28-6)15-13-20/h7-15H,16-17H2,1-6H3/b23-22-. The van der Waals surface area contributed by atoms with Crippen LogP contribution in [-0.4, -0.2) is 38.0 Å². The van der Waals surface area contributed by atoms with Gasteiger partial charge in [-0.3, -0.25) is 4.79 Å². The molecule has 0 amide bonds. The highest BCUT2D eigenvalue weighted by atomic mass is 16.7. The Morgan fingerprint density at radius 2 is 1.45 bits per heavy atom. The minimum Gasteiger partial charge on any atom is -0.497 e. The molecule has 0 unspecified atom stereocenters. The van der Waals surface area contributed by atoms with Gasteiger partial charge < -0.3 is 18.8 Å². The summed E-state index contributed by atoms with van der Waals surface area (Å²) in [6.07, 6.45) is 0.493. The molecule has 2 aromatic carbocycles. The number of carbonyl (C=O) groups excluding carboxylic acids is 1. The van der Waals surface area contributed by atoms with Crippen molar-refractivity contribution in [2.45, 2.75) is 52.2 Å². The van der Waals surface area contributed by atoms with E-state index in [1.807, 2.05) is 70.2 Å². The summed E-state index contributed by atoms with van der Waals surface area (Å²) >= 11 is 0. The molecule has 31 heavy (non-hydrogen) atoms. The van der Waals surface area contributed by atoms with Gasteiger partial charge in [0.1, 0.15) is 5.75 Å². The highest BCUT2D eigenvalue weighted by molar-refractivity contribution is 6.56. The molecule has 6 heteroatoms. The van der Waals surface area contributed by atoms with Crippen molar-refractivity contribution in [3.63, 3.8) is 0 Å². The normalized spacial score (nSPS) is 17.8. The van der Waals surface area contributed by atoms with Crippen molar-refractivity contribution >= 4 is 18.7 Å². The Morgan fingerprint density at radius 3 is 1.97 bits per heavy atom. The molecule has 0 saturated carbocycles. The molecule has 1 aliphatic rings. The zero-order chi connectivity index (χ0) is 22.6. The van der Waals surface area contributed by atoms with E-state index in [0.717, 1.165) is 27.9 Å². The predicted molar refractivity (Wildman–Crippen MR) is 123 cm³/mol. The van der Waals surface area contributed by atoms with E-state index in [-0.39, 0.29) is 12.6 Å². The number of rotatable bonds is 7. The number of carbonyl (C=O) groups is 1. The van der Waals surface area contributed by atoms with Crippen LogP contribution in [0.3, 0.4) is 0 Å². The van der Waals surface area contributed by atoms with Crippen LogP contribution in [0.5, 0.6) is 5.75 Å². The van der Waals surface area contributed by atoms with E-state index in [1.54, 1.807) is 7.11 Å². The predicted octanol–water partition coefficient (Wildman–Crippen LogP) is 5.08. The summed E-state index contributed by atoms with van der Waals surface area (Å²) in [5, 5.41) is 0. The molecule has 0 aromatic heterocycles. The molecular formula is C25H31BO5. The molecule has 0 radical (unpaired) electrons. The van der Waals surface area contributed by atoms with E-state index in [1.165, 1.54) is 6.92 Å². The number of hydrogen-bond acceptors (Lipinski definition) is 5. The summed E-state index contributed by atoms with van der Waals surface area (Å²) in [6.45, 7) is 9.80. The van der Waals surface area contributed by atoms with Crippen molar-refractivity contribution in [2.75, 3.05) is 13.7 Å². The highest BCUT2D eigenvalue weighted by Gasteiger charge is 2.52. The summed E-state index contributed by atoms with van der Waals surface area (Å²) < 4.78 is 23.4. The Hall–Kier alpha value is -2.57. The fourth-order valence-electron chi connectivity index (χ4n) is 3.55. The maximum Gasteiger partial charge on any atom is 0.491 e. The van der Waals surface area contributed by atoms with Gasteiger partial charge in [0, 0.05) is 13.3 Å². The Labute approximate surface area is 185 Å². The molecule has 2 aromatic rings. The van der Waals surface area contributed by atoms with E-state index < -0.39 is 18.3 Å². The van der Waals surface area contributed by atoms with Crippen LogP contribution in [0, 0.1) is 0 Å². The van der Waals surface area contributed by atoms with Crippen LogP contribution >= 0.6 is 0 Å². The first kappa shape index (κ1) is 23.1. The average molecular weight is 422 g/mol. The zero-order valence-corrected chi connectivity index (χ0v) is 19.2. The summed E-state index contributed by atoms with van der Waals surface area (Å²) in [6, 6.07) is 18.1. The maximum absolute atomic E-state index is 11.4. The number of esters is 1. The smallest absolute Gasteiger partial charge is 0.491 e. The van der Waals surface area contributed by atoms with Crippen molar-refractivity contribution in [1.82, 2.24) is 0 Å². The third kappa shape index (κ3) is 5.20. The van der Waals surface area contributed by atoms with E-state index in [2.05, 4.69) is 12.1 Å². The molecule has 164 valence electrons. The molecule has 1 heterocycles. The topological polar surface area (TPSA) is 54.0 Å². The van der Waals surface area contributed by atoms with Crippen LogP contribution in [0.2, 0.25) is 0 Å². The SMILES string of the molecule is COc1ccc(/C(=C(/CCOC(C)=O)B2OC(C)(C)C(C)(C)O2)c2ccccc2)cc1. The minimum atomic E-state index is -0.558. The molecule has 0 aliphatic carbocycles. The van der Waals surface area contributed by atoms with Gasteiger partial charge >= 0.3 is 13.1 Å². The van der Waals surface area contributed by atoms with Gasteiger partial charge in [-0.05, 0) is 62.0 Å². The summed E-state index contributed by atoms with van der Waals surface area (Å²) in [5.41, 5.74) is 3.04. The molecule has 0 atom stereocenters. The monoisotopic (exact) mass is 422 g/mol. The van der Waals surface area contributed by atoms with Crippen molar-refractivity contribution in [1.29, 1.82) is 0 Å². The van der Waals surface area contributed by atoms with E-state index in [0.29, 0.717) is 6.42 Å². The van der Waals surface area contributed by atoms with Gasteiger partial charge in [-0.2, -0.15) is 0 Å². The first-order valence-electron chi connectivity index (χ1n) is 10.6. The van der Waals surface area contributed by atoms with Gasteiger partial charge in [-0.1, -0.05) is 42.5 Å². The van der Waals surface area contributed by atoms with Crippen LogP contribution in [0.25, 0.3) is 5.57 Å². The second kappa shape index (κ2) is 9.29. The molecule has 1 aliphatic heterocycles. The Bertz CT molecular complexity index is 916. The van der Waals surface area contributed by atoms with Gasteiger partial charge in [-0.25, -0.2) is 0 Å². The van der Waals surface area contributed by atoms with E-state index in [9.17, 15) is 4.79 Å². The van der Waals surface area contributed by atoms with Crippen LogP contribution in [-0.2, 0) is 18.8 Å². The quantitative estimate of drug-likeness (QED) is 0.460. The average Bonchev–Trinajstić information content (AvgIpc) is 2.95. The lowest BCUT2D eigenvalue weighted by atomic mass is 9.70. The number of ether oxygens (including phenoxy) is 2. The Morgan fingerprint density at radius 1 is 0.903 bits per heavy atom. The first-order valence-corrected chi connectivity index (χ1v) is 10.6. The third-order valence-corrected chi connectivity index (χ3v) is 5.98. The molecule has 5 nitrogen and oxygen atoms in total. The molecular weight excluding hydrogens is 391 g/mol. The van der Waals surface area contributed by atoms with Crippen LogP contribution in [0.4, 0.5) is 0 Å². The minimum absolute atomic E-state index is 0.251. The fourth-order valence-corrected chi connectivity index (χ4v) is 3.55. The lowest BCUT2D eigenvalue weighted by Crippen LogP contribution is -2.41. The van der Waals surface area contributed by atoms with Gasteiger partial charge in [0.15, 0.2) is 0 Å². The van der Waals surface area contributed by atoms with E-state index >= 15 is 0 Å². The number of benzene rings is 2. The Balaban J connectivity index is 2.15. The van der Waals surface area contributed by atoms with E-state index in [4.69, 9.17) is 18.8 Å². The first-order chi connectivity index (χ1) is 14.6. The third-order valence-electron chi connectivity index (χ3n) is 5.98. The molecule has 0 spiro atoms. The van der Waals surface area contributed by atoms with Gasteiger partial charge in [0.25, 0.3) is 0 Å². The van der Waals surface area contributed by atoms with Gasteiger partial charge in [0.05, 0.1) is 24.9 Å². The molecule has 0 N–H and O–H groups in total. The molecule has 1 fully saturated rings. The summed E-state index contributed by atoms with van der Waals surface area (Å²) in [4.78, 5) is 11.4. The number of methoxy groups -OCH3 is 1. The summed E-state index contributed by atoms with van der Waals surface area (Å²) in [5.74, 6) is 0.479. The number of hydrogen-bond donors (Lipinski definition) is 0. The molecule has 0 bridgehead atoms. The molecule has 1 saturated heterocycles. The fraction of sp³-hybridized carbons (Fsp3) is 0.400. The lowest BCUT2D eigenvalue weighted by molar-refractivity contribution is -0.140. The van der Waals surface area contributed by atoms with Crippen molar-refractivity contribution in [3.05, 3.63) is 71.2 Å². The maximum atomic E-state index is 11.4. The van der Waals surface area contributed by atoms with Crippen LogP contribution in [0.1, 0.15) is 52.2 Å². The van der Waals surface area contributed by atoms with Gasteiger partial charge in [0.2, 0.25) is 0 Å². The van der Waals surface area contributed by atoms with Crippen molar-refractivity contribution in [3.8, 4) is 5.75 Å². The zero-order valence-electron chi connectivity index (χ0n) is 19.2. The summed E-state index contributed by atoms with van der Waals surface area (Å²) in [7, 11) is 1.09. The lowest BCUT2D eigenvalue weighted by Gasteiger charge is -2.32.